The van der Waals surface area contributed by atoms with Crippen LogP contribution in [0.3, 0.4) is 0 Å². The summed E-state index contributed by atoms with van der Waals surface area (Å²) < 4.78 is 0. The lowest BCUT2D eigenvalue weighted by atomic mass is 10.1. The Morgan fingerprint density at radius 1 is 1.31 bits per heavy atom. The first-order valence-corrected chi connectivity index (χ1v) is 5.52. The highest BCUT2D eigenvalue weighted by molar-refractivity contribution is 6.31. The lowest BCUT2D eigenvalue weighted by molar-refractivity contribution is 0.0914. The minimum atomic E-state index is -0.171. The van der Waals surface area contributed by atoms with E-state index in [4.69, 9.17) is 11.6 Å². The fourth-order valence-electron chi connectivity index (χ4n) is 1.17. The number of carbonyl (C=O) groups is 1. The van der Waals surface area contributed by atoms with Gasteiger partial charge in [-0.25, -0.2) is 5.43 Å². The van der Waals surface area contributed by atoms with Crippen LogP contribution in [-0.2, 0) is 0 Å². The predicted molar refractivity (Wildman–Crippen MR) is 66.5 cm³/mol. The standard InChI is InChI=1S/C12H17ClN2O/c1-8-9(6-5-7-10(8)13)11(16)14-15-12(2,3)4/h5-7,15H,1-4H3,(H,14,16). The SMILES string of the molecule is Cc1c(Cl)cccc1C(=O)NNC(C)(C)C. The summed E-state index contributed by atoms with van der Waals surface area (Å²) in [5, 5.41) is 0.600. The van der Waals surface area contributed by atoms with E-state index >= 15 is 0 Å². The first-order valence-electron chi connectivity index (χ1n) is 5.14. The molecular formula is C12H17ClN2O. The Balaban J connectivity index is 2.78. The second-order valence-corrected chi connectivity index (χ2v) is 5.15. The molecule has 0 fully saturated rings. The Hall–Kier alpha value is -1.06. The van der Waals surface area contributed by atoms with Crippen molar-refractivity contribution in [1.82, 2.24) is 10.9 Å². The minimum Gasteiger partial charge on any atom is -0.287 e. The molecule has 88 valence electrons. The Labute approximate surface area is 101 Å². The summed E-state index contributed by atoms with van der Waals surface area (Å²) in [7, 11) is 0. The van der Waals surface area contributed by atoms with Crippen molar-refractivity contribution in [3.63, 3.8) is 0 Å². The maximum absolute atomic E-state index is 11.8. The van der Waals surface area contributed by atoms with Gasteiger partial charge in [0.2, 0.25) is 0 Å². The fraction of sp³-hybridized carbons (Fsp3) is 0.417. The summed E-state index contributed by atoms with van der Waals surface area (Å²) in [5.41, 5.74) is 6.80. The molecule has 0 heterocycles. The van der Waals surface area contributed by atoms with E-state index in [1.807, 2.05) is 27.7 Å². The van der Waals surface area contributed by atoms with E-state index in [1.165, 1.54) is 0 Å². The van der Waals surface area contributed by atoms with Gasteiger partial charge in [-0.15, -0.1) is 0 Å². The molecule has 1 amide bonds. The highest BCUT2D eigenvalue weighted by Crippen LogP contribution is 2.18. The van der Waals surface area contributed by atoms with Gasteiger partial charge >= 0.3 is 0 Å². The lowest BCUT2D eigenvalue weighted by Crippen LogP contribution is -2.48. The van der Waals surface area contributed by atoms with E-state index in [9.17, 15) is 4.79 Å². The fourth-order valence-corrected chi connectivity index (χ4v) is 1.34. The van der Waals surface area contributed by atoms with Crippen molar-refractivity contribution < 1.29 is 4.79 Å². The lowest BCUT2D eigenvalue weighted by Gasteiger charge is -2.21. The van der Waals surface area contributed by atoms with Gasteiger partial charge in [-0.2, -0.15) is 0 Å². The number of amides is 1. The van der Waals surface area contributed by atoms with Crippen LogP contribution in [0.15, 0.2) is 18.2 Å². The zero-order valence-corrected chi connectivity index (χ0v) is 10.8. The van der Waals surface area contributed by atoms with E-state index in [1.54, 1.807) is 18.2 Å². The average molecular weight is 241 g/mol. The van der Waals surface area contributed by atoms with Crippen molar-refractivity contribution in [2.24, 2.45) is 0 Å². The molecule has 0 saturated carbocycles. The first-order chi connectivity index (χ1) is 7.31. The van der Waals surface area contributed by atoms with Crippen molar-refractivity contribution in [1.29, 1.82) is 0 Å². The van der Waals surface area contributed by atoms with Gasteiger partial charge in [0.05, 0.1) is 0 Å². The van der Waals surface area contributed by atoms with Crippen molar-refractivity contribution in [2.75, 3.05) is 0 Å². The molecule has 0 aromatic heterocycles. The largest absolute Gasteiger partial charge is 0.287 e. The van der Waals surface area contributed by atoms with Crippen LogP contribution in [-0.4, -0.2) is 11.4 Å². The highest BCUT2D eigenvalue weighted by Gasteiger charge is 2.14. The molecule has 0 aliphatic rings. The number of hydrogen-bond donors (Lipinski definition) is 2. The molecule has 1 aromatic carbocycles. The third-order valence-corrected chi connectivity index (χ3v) is 2.47. The molecule has 0 aliphatic heterocycles. The van der Waals surface area contributed by atoms with Gasteiger partial charge in [0.25, 0.3) is 5.91 Å². The van der Waals surface area contributed by atoms with E-state index < -0.39 is 0 Å². The molecule has 3 nitrogen and oxygen atoms in total. The van der Waals surface area contributed by atoms with Gasteiger partial charge in [0.1, 0.15) is 0 Å². The monoisotopic (exact) mass is 240 g/mol. The molecule has 2 N–H and O–H groups in total. The number of nitrogens with one attached hydrogen (secondary N) is 2. The Bertz CT molecular complexity index is 396. The van der Waals surface area contributed by atoms with Crippen LogP contribution in [0, 0.1) is 6.92 Å². The molecule has 0 radical (unpaired) electrons. The Kier molecular flexibility index (Phi) is 3.94. The summed E-state index contributed by atoms with van der Waals surface area (Å²) in [5.74, 6) is -0.171. The van der Waals surface area contributed by atoms with Crippen LogP contribution in [0.1, 0.15) is 36.7 Å². The molecular weight excluding hydrogens is 224 g/mol. The van der Waals surface area contributed by atoms with Crippen LogP contribution >= 0.6 is 11.6 Å². The number of benzene rings is 1. The van der Waals surface area contributed by atoms with E-state index in [-0.39, 0.29) is 11.4 Å². The summed E-state index contributed by atoms with van der Waals surface area (Å²) in [6.07, 6.45) is 0. The molecule has 0 unspecified atom stereocenters. The summed E-state index contributed by atoms with van der Waals surface area (Å²) in [4.78, 5) is 11.8. The molecule has 1 aromatic rings. The molecule has 0 bridgehead atoms. The third kappa shape index (κ3) is 3.51. The van der Waals surface area contributed by atoms with Gasteiger partial charge in [0.15, 0.2) is 0 Å². The Morgan fingerprint density at radius 3 is 2.50 bits per heavy atom. The Morgan fingerprint density at radius 2 is 1.94 bits per heavy atom. The molecule has 0 aliphatic carbocycles. The highest BCUT2D eigenvalue weighted by atomic mass is 35.5. The third-order valence-electron chi connectivity index (χ3n) is 2.06. The van der Waals surface area contributed by atoms with Gasteiger partial charge in [-0.05, 0) is 45.4 Å². The smallest absolute Gasteiger partial charge is 0.265 e. The number of halogens is 1. The molecule has 4 heteroatoms. The zero-order chi connectivity index (χ0) is 12.3. The molecule has 0 spiro atoms. The number of rotatable bonds is 2. The van der Waals surface area contributed by atoms with Crippen LogP contribution < -0.4 is 10.9 Å². The predicted octanol–water partition coefficient (Wildman–Crippen LogP) is 2.68. The van der Waals surface area contributed by atoms with E-state index in [0.29, 0.717) is 10.6 Å². The van der Waals surface area contributed by atoms with E-state index in [0.717, 1.165) is 5.56 Å². The van der Waals surface area contributed by atoms with E-state index in [2.05, 4.69) is 10.9 Å². The van der Waals surface area contributed by atoms with Gasteiger partial charge in [0, 0.05) is 16.1 Å². The maximum Gasteiger partial charge on any atom is 0.265 e. The minimum absolute atomic E-state index is 0.165. The van der Waals surface area contributed by atoms with Crippen LogP contribution in [0.5, 0.6) is 0 Å². The second-order valence-electron chi connectivity index (χ2n) is 4.74. The summed E-state index contributed by atoms with van der Waals surface area (Å²) in [6.45, 7) is 7.74. The van der Waals surface area contributed by atoms with Crippen molar-refractivity contribution in [3.8, 4) is 0 Å². The molecule has 0 atom stereocenters. The maximum atomic E-state index is 11.8. The normalized spacial score (nSPS) is 11.3. The quantitative estimate of drug-likeness (QED) is 0.781. The van der Waals surface area contributed by atoms with Crippen molar-refractivity contribution in [2.45, 2.75) is 33.2 Å². The number of hydrogen-bond acceptors (Lipinski definition) is 2. The van der Waals surface area contributed by atoms with Gasteiger partial charge in [-0.1, -0.05) is 17.7 Å². The number of carbonyl (C=O) groups excluding carboxylic acids is 1. The topological polar surface area (TPSA) is 41.1 Å². The molecule has 0 saturated heterocycles. The first kappa shape index (κ1) is 13.0. The van der Waals surface area contributed by atoms with Crippen molar-refractivity contribution >= 4 is 17.5 Å². The van der Waals surface area contributed by atoms with Crippen LogP contribution in [0.4, 0.5) is 0 Å². The summed E-state index contributed by atoms with van der Waals surface area (Å²) >= 11 is 5.95. The van der Waals surface area contributed by atoms with Crippen molar-refractivity contribution in [3.05, 3.63) is 34.3 Å². The molecule has 1 rings (SSSR count). The molecule has 16 heavy (non-hydrogen) atoms. The second kappa shape index (κ2) is 4.85. The van der Waals surface area contributed by atoms with Crippen LogP contribution in [0.2, 0.25) is 5.02 Å². The average Bonchev–Trinajstić information content (AvgIpc) is 2.17. The van der Waals surface area contributed by atoms with Gasteiger partial charge < -0.3 is 0 Å². The zero-order valence-electron chi connectivity index (χ0n) is 10.0. The summed E-state index contributed by atoms with van der Waals surface area (Å²) in [6, 6.07) is 5.28. The van der Waals surface area contributed by atoms with Gasteiger partial charge in [-0.3, -0.25) is 10.2 Å². The van der Waals surface area contributed by atoms with Crippen LogP contribution in [0.25, 0.3) is 0 Å². The number of hydrazine groups is 1.